The number of fused-ring (bicyclic) bond motifs is 1. The lowest BCUT2D eigenvalue weighted by Crippen LogP contribution is -2.50. The number of carbonyl (C=O) groups excluding carboxylic acids is 2. The third-order valence-electron chi connectivity index (χ3n) is 6.08. The Labute approximate surface area is 206 Å². The summed E-state index contributed by atoms with van der Waals surface area (Å²) in [6.45, 7) is 2.14. The van der Waals surface area contributed by atoms with Crippen LogP contribution in [-0.4, -0.2) is 47.5 Å². The van der Waals surface area contributed by atoms with Crippen LogP contribution in [-0.2, 0) is 11.3 Å². The lowest BCUT2D eigenvalue weighted by Gasteiger charge is -2.36. The second kappa shape index (κ2) is 9.68. The zero-order chi connectivity index (χ0) is 24.4. The normalized spacial score (nSPS) is 13.7. The Morgan fingerprint density at radius 1 is 0.914 bits per heavy atom. The minimum Gasteiger partial charge on any atom is -0.408 e. The summed E-state index contributed by atoms with van der Waals surface area (Å²) in [7, 11) is 0. The highest BCUT2D eigenvalue weighted by atomic mass is 35.5. The number of benzene rings is 3. The molecule has 0 saturated carbocycles. The fraction of sp³-hybridized carbons (Fsp3) is 0.192. The summed E-state index contributed by atoms with van der Waals surface area (Å²) in [6.07, 6.45) is 0. The van der Waals surface area contributed by atoms with E-state index < -0.39 is 5.76 Å². The molecule has 1 fully saturated rings. The number of halogens is 1. The lowest BCUT2D eigenvalue weighted by atomic mass is 10.2. The van der Waals surface area contributed by atoms with E-state index in [-0.39, 0.29) is 18.4 Å². The van der Waals surface area contributed by atoms with Gasteiger partial charge in [0.05, 0.1) is 16.2 Å². The molecule has 5 rings (SSSR count). The summed E-state index contributed by atoms with van der Waals surface area (Å²) in [5, 5.41) is 3.49. The van der Waals surface area contributed by atoms with E-state index in [1.54, 1.807) is 35.2 Å². The Morgan fingerprint density at radius 2 is 1.63 bits per heavy atom. The van der Waals surface area contributed by atoms with Gasteiger partial charge in [0.1, 0.15) is 6.54 Å². The minimum atomic E-state index is -0.635. The van der Waals surface area contributed by atoms with Crippen LogP contribution in [0.5, 0.6) is 0 Å². The number of anilines is 2. The summed E-state index contributed by atoms with van der Waals surface area (Å²) in [5.41, 5.74) is 2.69. The maximum atomic E-state index is 13.0. The van der Waals surface area contributed by atoms with E-state index in [4.69, 9.17) is 16.0 Å². The Balaban J connectivity index is 1.30. The number of hydrogen-bond acceptors (Lipinski definition) is 5. The molecule has 4 aromatic rings. The van der Waals surface area contributed by atoms with Crippen LogP contribution in [0.4, 0.5) is 11.4 Å². The van der Waals surface area contributed by atoms with Gasteiger partial charge in [-0.1, -0.05) is 41.9 Å². The molecule has 0 spiro atoms. The molecule has 8 nitrogen and oxygen atoms in total. The molecule has 1 saturated heterocycles. The lowest BCUT2D eigenvalue weighted by molar-refractivity contribution is -0.132. The van der Waals surface area contributed by atoms with E-state index in [9.17, 15) is 14.4 Å². The number of rotatable bonds is 5. The predicted octanol–water partition coefficient (Wildman–Crippen LogP) is 3.85. The molecule has 2 heterocycles. The highest BCUT2D eigenvalue weighted by molar-refractivity contribution is 6.33. The van der Waals surface area contributed by atoms with Crippen molar-refractivity contribution in [2.75, 3.05) is 36.4 Å². The number of nitrogens with one attached hydrogen (secondary N) is 1. The molecule has 35 heavy (non-hydrogen) atoms. The Kier molecular flexibility index (Phi) is 6.29. The van der Waals surface area contributed by atoms with Crippen molar-refractivity contribution >= 4 is 45.9 Å². The SMILES string of the molecule is O=C(Nc1ccccc1)c1ccc2oc(=O)n(CC(=O)N3CCN(c4ccccc4Cl)CC3)c2c1. The molecule has 1 aromatic heterocycles. The van der Waals surface area contributed by atoms with Crippen LogP contribution in [0, 0.1) is 0 Å². The van der Waals surface area contributed by atoms with Gasteiger partial charge in [0.2, 0.25) is 5.91 Å². The van der Waals surface area contributed by atoms with E-state index in [1.807, 2.05) is 42.5 Å². The Morgan fingerprint density at radius 3 is 2.37 bits per heavy atom. The molecule has 9 heteroatoms. The molecule has 3 aromatic carbocycles. The standard InChI is InChI=1S/C26H23ClN4O4/c27-20-8-4-5-9-21(20)29-12-14-30(15-13-29)24(32)17-31-22-16-18(10-11-23(22)35-26(31)34)25(33)28-19-6-2-1-3-7-19/h1-11,16H,12-15,17H2,(H,28,33). The first-order chi connectivity index (χ1) is 17.0. The number of nitrogens with zero attached hydrogens (tertiary/aromatic N) is 3. The van der Waals surface area contributed by atoms with Crippen molar-refractivity contribution in [1.29, 1.82) is 0 Å². The average molecular weight is 491 g/mol. The van der Waals surface area contributed by atoms with Crippen LogP contribution in [0.3, 0.4) is 0 Å². The smallest absolute Gasteiger partial charge is 0.408 e. The van der Waals surface area contributed by atoms with Crippen molar-refractivity contribution in [3.8, 4) is 0 Å². The Bertz CT molecular complexity index is 1440. The van der Waals surface area contributed by atoms with Gasteiger partial charge in [0, 0.05) is 37.4 Å². The van der Waals surface area contributed by atoms with Crippen LogP contribution in [0.1, 0.15) is 10.4 Å². The molecule has 0 radical (unpaired) electrons. The molecule has 0 bridgehead atoms. The summed E-state index contributed by atoms with van der Waals surface area (Å²) in [4.78, 5) is 42.1. The molecule has 2 amide bonds. The number of para-hydroxylation sites is 2. The monoisotopic (exact) mass is 490 g/mol. The van der Waals surface area contributed by atoms with Crippen molar-refractivity contribution in [1.82, 2.24) is 9.47 Å². The molecule has 0 unspecified atom stereocenters. The maximum absolute atomic E-state index is 13.0. The zero-order valence-electron chi connectivity index (χ0n) is 18.8. The topological polar surface area (TPSA) is 87.8 Å². The van der Waals surface area contributed by atoms with Gasteiger partial charge in [-0.05, 0) is 42.5 Å². The van der Waals surface area contributed by atoms with Crippen LogP contribution < -0.4 is 16.0 Å². The van der Waals surface area contributed by atoms with Gasteiger partial charge in [-0.2, -0.15) is 0 Å². The second-order valence-corrected chi connectivity index (χ2v) is 8.68. The molecular formula is C26H23ClN4O4. The van der Waals surface area contributed by atoms with Crippen LogP contribution in [0.15, 0.2) is 82.0 Å². The highest BCUT2D eigenvalue weighted by Crippen LogP contribution is 2.26. The van der Waals surface area contributed by atoms with E-state index in [1.165, 1.54) is 4.57 Å². The number of piperazine rings is 1. The quantitative estimate of drug-likeness (QED) is 0.459. The third kappa shape index (κ3) is 4.79. The zero-order valence-corrected chi connectivity index (χ0v) is 19.6. The maximum Gasteiger partial charge on any atom is 0.420 e. The van der Waals surface area contributed by atoms with Gasteiger partial charge in [0.25, 0.3) is 5.91 Å². The van der Waals surface area contributed by atoms with E-state index in [0.717, 1.165) is 5.69 Å². The second-order valence-electron chi connectivity index (χ2n) is 8.28. The number of aromatic nitrogens is 1. The minimum absolute atomic E-state index is 0.165. The fourth-order valence-electron chi connectivity index (χ4n) is 4.22. The molecule has 0 aliphatic carbocycles. The van der Waals surface area contributed by atoms with Crippen LogP contribution in [0.25, 0.3) is 11.1 Å². The summed E-state index contributed by atoms with van der Waals surface area (Å²) in [5.74, 6) is -1.14. The highest BCUT2D eigenvalue weighted by Gasteiger charge is 2.24. The van der Waals surface area contributed by atoms with Crippen molar-refractivity contribution in [3.63, 3.8) is 0 Å². The first-order valence-corrected chi connectivity index (χ1v) is 11.6. The van der Waals surface area contributed by atoms with E-state index in [2.05, 4.69) is 10.2 Å². The fourth-order valence-corrected chi connectivity index (χ4v) is 4.47. The van der Waals surface area contributed by atoms with Gasteiger partial charge in [0.15, 0.2) is 5.58 Å². The van der Waals surface area contributed by atoms with Crippen molar-refractivity contribution < 1.29 is 14.0 Å². The first kappa shape index (κ1) is 22.7. The van der Waals surface area contributed by atoms with Gasteiger partial charge < -0.3 is 19.5 Å². The van der Waals surface area contributed by atoms with E-state index >= 15 is 0 Å². The Hall–Kier alpha value is -4.04. The molecular weight excluding hydrogens is 468 g/mol. The van der Waals surface area contributed by atoms with Crippen LogP contribution >= 0.6 is 11.6 Å². The first-order valence-electron chi connectivity index (χ1n) is 11.3. The van der Waals surface area contributed by atoms with Crippen molar-refractivity contribution in [3.05, 3.63) is 93.9 Å². The number of amides is 2. The van der Waals surface area contributed by atoms with Crippen molar-refractivity contribution in [2.45, 2.75) is 6.54 Å². The number of oxazole rings is 1. The molecule has 1 aliphatic rings. The largest absolute Gasteiger partial charge is 0.420 e. The van der Waals surface area contributed by atoms with Gasteiger partial charge in [-0.25, -0.2) is 4.79 Å². The predicted molar refractivity (Wildman–Crippen MR) is 135 cm³/mol. The van der Waals surface area contributed by atoms with Gasteiger partial charge in [-0.3, -0.25) is 14.2 Å². The molecule has 0 atom stereocenters. The van der Waals surface area contributed by atoms with Crippen molar-refractivity contribution in [2.24, 2.45) is 0 Å². The van der Waals surface area contributed by atoms with E-state index in [0.29, 0.717) is 53.6 Å². The average Bonchev–Trinajstić information content (AvgIpc) is 3.19. The summed E-state index contributed by atoms with van der Waals surface area (Å²) < 4.78 is 6.59. The van der Waals surface area contributed by atoms with Crippen LogP contribution in [0.2, 0.25) is 5.02 Å². The van der Waals surface area contributed by atoms with Gasteiger partial charge in [-0.15, -0.1) is 0 Å². The molecule has 178 valence electrons. The summed E-state index contributed by atoms with van der Waals surface area (Å²) >= 11 is 6.31. The van der Waals surface area contributed by atoms with Gasteiger partial charge >= 0.3 is 5.76 Å². The molecule has 1 aliphatic heterocycles. The number of hydrogen-bond donors (Lipinski definition) is 1. The molecule has 1 N–H and O–H groups in total. The number of carbonyl (C=O) groups is 2. The summed E-state index contributed by atoms with van der Waals surface area (Å²) in [6, 6.07) is 21.4. The third-order valence-corrected chi connectivity index (χ3v) is 6.40.